The quantitative estimate of drug-likeness (QED) is 0.759. The minimum Gasteiger partial charge on any atom is -0.342 e. The average molecular weight is 372 g/mol. The second-order valence-corrected chi connectivity index (χ2v) is 8.41. The molecule has 2 fully saturated rings. The number of hydrogen-bond donors (Lipinski definition) is 0. The van der Waals surface area contributed by atoms with E-state index in [0.717, 1.165) is 25.1 Å². The number of carbonyl (C=O) groups excluding carboxylic acids is 2. The number of hydrogen-bond acceptors (Lipinski definition) is 4. The molecule has 1 aromatic heterocycles. The lowest BCUT2D eigenvalue weighted by molar-refractivity contribution is -0.140. The van der Waals surface area contributed by atoms with Gasteiger partial charge in [-0.25, -0.2) is 0 Å². The third-order valence-electron chi connectivity index (χ3n) is 6.55. The molecule has 2 saturated heterocycles. The number of piperidine rings is 1. The van der Waals surface area contributed by atoms with Gasteiger partial charge in [0.2, 0.25) is 11.8 Å². The first kappa shape index (κ1) is 18.2. The molecule has 0 spiro atoms. The second kappa shape index (κ2) is 6.78. The SMILES string of the molecule is CC(=O)N1C[C@H]2C[C@@H](C1)[C@H](C(=O)N1CC[C@H](N(C)C)C1)n1c2cccc1=O. The van der Waals surface area contributed by atoms with E-state index in [2.05, 4.69) is 4.90 Å². The molecule has 4 heterocycles. The fourth-order valence-corrected chi connectivity index (χ4v) is 5.06. The van der Waals surface area contributed by atoms with E-state index in [1.54, 1.807) is 23.6 Å². The Hall–Kier alpha value is -2.15. The molecule has 27 heavy (non-hydrogen) atoms. The molecule has 0 radical (unpaired) electrons. The van der Waals surface area contributed by atoms with Gasteiger partial charge in [0.1, 0.15) is 6.04 Å². The standard InChI is InChI=1S/C20H28N4O3/c1-13(25)23-10-14-9-15(11-23)19(24-17(14)5-4-6-18(24)26)20(27)22-8-7-16(12-22)21(2)3/h4-6,14-16,19H,7-12H2,1-3H3/t14-,15+,16+,19-/m1/s1. The van der Waals surface area contributed by atoms with E-state index in [1.165, 1.54) is 0 Å². The normalized spacial score (nSPS) is 29.8. The van der Waals surface area contributed by atoms with Crippen molar-refractivity contribution in [3.8, 4) is 0 Å². The highest BCUT2D eigenvalue weighted by molar-refractivity contribution is 5.82. The number of carbonyl (C=O) groups is 2. The molecule has 2 bridgehead atoms. The Morgan fingerprint density at radius 1 is 1.11 bits per heavy atom. The summed E-state index contributed by atoms with van der Waals surface area (Å²) in [6.07, 6.45) is 1.81. The molecule has 146 valence electrons. The van der Waals surface area contributed by atoms with Crippen molar-refractivity contribution >= 4 is 11.8 Å². The van der Waals surface area contributed by atoms with Crippen molar-refractivity contribution in [3.63, 3.8) is 0 Å². The summed E-state index contributed by atoms with van der Waals surface area (Å²) in [6.45, 7) is 4.18. The van der Waals surface area contributed by atoms with E-state index in [0.29, 0.717) is 25.7 Å². The molecule has 0 saturated carbocycles. The molecular weight excluding hydrogens is 344 g/mol. The van der Waals surface area contributed by atoms with Crippen LogP contribution in [0.1, 0.15) is 37.4 Å². The van der Waals surface area contributed by atoms with Crippen molar-refractivity contribution in [1.82, 2.24) is 19.3 Å². The van der Waals surface area contributed by atoms with Crippen molar-refractivity contribution in [2.24, 2.45) is 5.92 Å². The van der Waals surface area contributed by atoms with E-state index in [9.17, 15) is 14.4 Å². The van der Waals surface area contributed by atoms with Crippen LogP contribution in [0.2, 0.25) is 0 Å². The molecule has 0 N–H and O–H groups in total. The van der Waals surface area contributed by atoms with Crippen LogP contribution in [0.3, 0.4) is 0 Å². The van der Waals surface area contributed by atoms with Crippen LogP contribution in [0, 0.1) is 5.92 Å². The van der Waals surface area contributed by atoms with Crippen molar-refractivity contribution in [3.05, 3.63) is 34.2 Å². The first-order chi connectivity index (χ1) is 12.9. The Balaban J connectivity index is 1.71. The monoisotopic (exact) mass is 372 g/mol. The van der Waals surface area contributed by atoms with Crippen LogP contribution >= 0.6 is 0 Å². The summed E-state index contributed by atoms with van der Waals surface area (Å²) in [6, 6.07) is 5.10. The second-order valence-electron chi connectivity index (χ2n) is 8.41. The highest BCUT2D eigenvalue weighted by atomic mass is 16.2. The smallest absolute Gasteiger partial charge is 0.251 e. The first-order valence-corrected chi connectivity index (χ1v) is 9.79. The number of amides is 2. The lowest BCUT2D eigenvalue weighted by atomic mass is 9.78. The number of likely N-dealkylation sites (N-methyl/N-ethyl adjacent to an activating group) is 1. The maximum absolute atomic E-state index is 13.5. The van der Waals surface area contributed by atoms with Crippen molar-refractivity contribution < 1.29 is 9.59 Å². The molecule has 1 aromatic rings. The minimum absolute atomic E-state index is 0.00819. The molecular formula is C20H28N4O3. The highest BCUT2D eigenvalue weighted by Crippen LogP contribution is 2.42. The van der Waals surface area contributed by atoms with Gasteiger partial charge in [0.25, 0.3) is 5.56 Å². The Labute approximate surface area is 159 Å². The topological polar surface area (TPSA) is 65.9 Å². The number of nitrogens with zero attached hydrogens (tertiary/aromatic N) is 4. The predicted octanol–water partition coefficient (Wildman–Crippen LogP) is 0.518. The van der Waals surface area contributed by atoms with Gasteiger partial charge in [0, 0.05) is 62.7 Å². The Bertz CT molecular complexity index is 818. The van der Waals surface area contributed by atoms with Crippen LogP contribution in [0.4, 0.5) is 0 Å². The zero-order valence-corrected chi connectivity index (χ0v) is 16.3. The maximum Gasteiger partial charge on any atom is 0.251 e. The zero-order chi connectivity index (χ0) is 19.3. The van der Waals surface area contributed by atoms with Gasteiger partial charge >= 0.3 is 0 Å². The van der Waals surface area contributed by atoms with Crippen LogP contribution in [-0.2, 0) is 9.59 Å². The van der Waals surface area contributed by atoms with Crippen molar-refractivity contribution in [1.29, 1.82) is 0 Å². The van der Waals surface area contributed by atoms with Crippen molar-refractivity contribution in [2.75, 3.05) is 40.3 Å². The summed E-state index contributed by atoms with van der Waals surface area (Å²) in [4.78, 5) is 44.1. The number of aromatic nitrogens is 1. The van der Waals surface area contributed by atoms with Gasteiger partial charge in [0.15, 0.2) is 0 Å². The lowest BCUT2D eigenvalue weighted by Crippen LogP contribution is -2.54. The molecule has 4 atom stereocenters. The van der Waals surface area contributed by atoms with Crippen molar-refractivity contribution in [2.45, 2.75) is 37.8 Å². The van der Waals surface area contributed by atoms with E-state index < -0.39 is 6.04 Å². The molecule has 0 aliphatic carbocycles. The average Bonchev–Trinajstić information content (AvgIpc) is 3.12. The predicted molar refractivity (Wildman–Crippen MR) is 102 cm³/mol. The van der Waals surface area contributed by atoms with Gasteiger partial charge < -0.3 is 14.7 Å². The molecule has 2 amide bonds. The van der Waals surface area contributed by atoms with E-state index in [4.69, 9.17) is 0 Å². The lowest BCUT2D eigenvalue weighted by Gasteiger charge is -2.46. The van der Waals surface area contributed by atoms with Gasteiger partial charge in [-0.3, -0.25) is 19.0 Å². The van der Waals surface area contributed by atoms with Crippen LogP contribution in [0.5, 0.6) is 0 Å². The molecule has 0 aromatic carbocycles. The summed E-state index contributed by atoms with van der Waals surface area (Å²) in [7, 11) is 4.07. The molecule has 0 unspecified atom stereocenters. The fraction of sp³-hybridized carbons (Fsp3) is 0.650. The Morgan fingerprint density at radius 2 is 1.89 bits per heavy atom. The summed E-state index contributed by atoms with van der Waals surface area (Å²) in [5, 5.41) is 0. The minimum atomic E-state index is -0.506. The van der Waals surface area contributed by atoms with Crippen LogP contribution in [0.15, 0.2) is 23.0 Å². The summed E-state index contributed by atoms with van der Waals surface area (Å²) >= 11 is 0. The molecule has 7 heteroatoms. The molecule has 3 aliphatic rings. The first-order valence-electron chi connectivity index (χ1n) is 9.79. The highest BCUT2D eigenvalue weighted by Gasteiger charge is 2.46. The van der Waals surface area contributed by atoms with Gasteiger partial charge in [0.05, 0.1) is 0 Å². The van der Waals surface area contributed by atoms with Crippen LogP contribution in [-0.4, -0.2) is 77.4 Å². The zero-order valence-electron chi connectivity index (χ0n) is 16.3. The van der Waals surface area contributed by atoms with E-state index in [1.807, 2.05) is 30.0 Å². The van der Waals surface area contributed by atoms with E-state index >= 15 is 0 Å². The van der Waals surface area contributed by atoms with Crippen LogP contribution < -0.4 is 5.56 Å². The fourth-order valence-electron chi connectivity index (χ4n) is 5.06. The molecule has 7 nitrogen and oxygen atoms in total. The van der Waals surface area contributed by atoms with E-state index in [-0.39, 0.29) is 29.2 Å². The van der Waals surface area contributed by atoms with Gasteiger partial charge in [-0.1, -0.05) is 6.07 Å². The Morgan fingerprint density at radius 3 is 2.56 bits per heavy atom. The molecule has 3 aliphatic heterocycles. The summed E-state index contributed by atoms with van der Waals surface area (Å²) < 4.78 is 1.72. The number of fused-ring (bicyclic) bond motifs is 4. The number of likely N-dealkylation sites (tertiary alicyclic amines) is 2. The summed E-state index contributed by atoms with van der Waals surface area (Å²) in [5.74, 6) is 0.184. The number of rotatable bonds is 2. The Kier molecular flexibility index (Phi) is 4.58. The maximum atomic E-state index is 13.5. The largest absolute Gasteiger partial charge is 0.342 e. The molecule has 4 rings (SSSR count). The van der Waals surface area contributed by atoms with Crippen LogP contribution in [0.25, 0.3) is 0 Å². The van der Waals surface area contributed by atoms with Gasteiger partial charge in [-0.2, -0.15) is 0 Å². The third-order valence-corrected chi connectivity index (χ3v) is 6.55. The third kappa shape index (κ3) is 3.08. The summed E-state index contributed by atoms with van der Waals surface area (Å²) in [5.41, 5.74) is 0.784. The van der Waals surface area contributed by atoms with Gasteiger partial charge in [-0.05, 0) is 33.0 Å². The van der Waals surface area contributed by atoms with Gasteiger partial charge in [-0.15, -0.1) is 0 Å². The number of pyridine rings is 1.